The lowest BCUT2D eigenvalue weighted by molar-refractivity contribution is 0.0995. The molecule has 4 nitrogen and oxygen atoms in total. The number of aromatic nitrogens is 2. The average molecular weight is 143 g/mol. The minimum Gasteiger partial charge on any atom is -0.364 e. The van der Waals surface area contributed by atoms with Crippen LogP contribution in [-0.4, -0.2) is 15.7 Å². The van der Waals surface area contributed by atoms with Crippen molar-refractivity contribution >= 4 is 5.91 Å². The van der Waals surface area contributed by atoms with Crippen LogP contribution in [0.25, 0.3) is 0 Å². The first-order valence-electron chi connectivity index (χ1n) is 2.60. The van der Waals surface area contributed by atoms with Crippen LogP contribution in [0.4, 0.5) is 4.39 Å². The van der Waals surface area contributed by atoms with Gasteiger partial charge in [0.1, 0.15) is 0 Å². The van der Waals surface area contributed by atoms with Crippen LogP contribution in [0.3, 0.4) is 0 Å². The average Bonchev–Trinajstić information content (AvgIpc) is 2.13. The molecule has 0 saturated carbocycles. The highest BCUT2D eigenvalue weighted by Gasteiger charge is 2.07. The normalized spacial score (nSPS) is 9.80. The zero-order chi connectivity index (χ0) is 7.72. The number of halogens is 1. The number of amides is 1. The number of carbonyl (C=O) groups is 1. The lowest BCUT2D eigenvalue weighted by Crippen LogP contribution is -2.11. The molecule has 54 valence electrons. The Morgan fingerprint density at radius 3 is 2.70 bits per heavy atom. The Kier molecular flexibility index (Phi) is 1.41. The Hall–Kier alpha value is -1.39. The molecule has 0 aliphatic rings. The fourth-order valence-electron chi connectivity index (χ4n) is 0.565. The van der Waals surface area contributed by atoms with Gasteiger partial charge in [-0.15, -0.1) is 0 Å². The predicted molar refractivity (Wildman–Crippen MR) is 31.7 cm³/mol. The first kappa shape index (κ1) is 6.73. The second kappa shape index (κ2) is 2.09. The van der Waals surface area contributed by atoms with Gasteiger partial charge in [0, 0.05) is 13.1 Å². The topological polar surface area (TPSA) is 60.9 Å². The quantitative estimate of drug-likeness (QED) is 0.584. The fraction of sp³-hybridized carbons (Fsp3) is 0.200. The molecule has 0 aromatic carbocycles. The van der Waals surface area contributed by atoms with E-state index in [1.54, 1.807) is 0 Å². The van der Waals surface area contributed by atoms with Gasteiger partial charge in [-0.25, -0.2) is 4.68 Å². The van der Waals surface area contributed by atoms with Crippen molar-refractivity contribution < 1.29 is 9.18 Å². The molecule has 1 amide bonds. The van der Waals surface area contributed by atoms with Gasteiger partial charge in [0.15, 0.2) is 5.69 Å². The standard InChI is InChI=1S/C5H6FN3O/c1-9-4(6)2-3(8-9)5(7)10/h2H,1H3,(H2,7,10). The van der Waals surface area contributed by atoms with Gasteiger partial charge in [0.25, 0.3) is 5.91 Å². The SMILES string of the molecule is Cn1nc(C(N)=O)cc1F. The van der Waals surface area contributed by atoms with Crippen molar-refractivity contribution in [3.63, 3.8) is 0 Å². The van der Waals surface area contributed by atoms with Gasteiger partial charge >= 0.3 is 0 Å². The summed E-state index contributed by atoms with van der Waals surface area (Å²) in [6, 6.07) is 0.988. The molecule has 1 heterocycles. The van der Waals surface area contributed by atoms with Crippen LogP contribution in [0.1, 0.15) is 10.5 Å². The van der Waals surface area contributed by atoms with Gasteiger partial charge in [-0.3, -0.25) is 4.79 Å². The number of nitrogens with zero attached hydrogens (tertiary/aromatic N) is 2. The van der Waals surface area contributed by atoms with Gasteiger partial charge in [-0.05, 0) is 0 Å². The summed E-state index contributed by atoms with van der Waals surface area (Å²) in [5.74, 6) is -1.30. The van der Waals surface area contributed by atoms with Crippen molar-refractivity contribution in [2.45, 2.75) is 0 Å². The molecule has 0 radical (unpaired) electrons. The van der Waals surface area contributed by atoms with E-state index in [1.807, 2.05) is 0 Å². The number of hydrogen-bond acceptors (Lipinski definition) is 2. The summed E-state index contributed by atoms with van der Waals surface area (Å²) in [5.41, 5.74) is 4.76. The Morgan fingerprint density at radius 2 is 2.50 bits per heavy atom. The van der Waals surface area contributed by atoms with Crippen LogP contribution in [0.5, 0.6) is 0 Å². The Balaban J connectivity index is 3.10. The van der Waals surface area contributed by atoms with E-state index in [2.05, 4.69) is 5.10 Å². The van der Waals surface area contributed by atoms with E-state index in [-0.39, 0.29) is 5.69 Å². The number of rotatable bonds is 1. The maximum atomic E-state index is 12.4. The Labute approximate surface area is 56.4 Å². The van der Waals surface area contributed by atoms with Crippen LogP contribution in [0, 0.1) is 5.95 Å². The first-order valence-corrected chi connectivity index (χ1v) is 2.60. The molecule has 5 heteroatoms. The number of carbonyl (C=O) groups excluding carboxylic acids is 1. The van der Waals surface area contributed by atoms with Crippen molar-refractivity contribution in [3.05, 3.63) is 17.7 Å². The smallest absolute Gasteiger partial charge is 0.269 e. The maximum absolute atomic E-state index is 12.4. The highest BCUT2D eigenvalue weighted by Crippen LogP contribution is 1.98. The fourth-order valence-corrected chi connectivity index (χ4v) is 0.565. The van der Waals surface area contributed by atoms with Crippen LogP contribution in [0.15, 0.2) is 6.07 Å². The molecule has 1 aromatic heterocycles. The molecule has 0 unspecified atom stereocenters. The first-order chi connectivity index (χ1) is 4.61. The molecule has 0 bridgehead atoms. The van der Waals surface area contributed by atoms with Gasteiger partial charge < -0.3 is 5.73 Å². The zero-order valence-corrected chi connectivity index (χ0v) is 5.34. The summed E-state index contributed by atoms with van der Waals surface area (Å²) in [6.45, 7) is 0. The van der Waals surface area contributed by atoms with Gasteiger partial charge in [0.2, 0.25) is 5.95 Å². The van der Waals surface area contributed by atoms with E-state index < -0.39 is 11.9 Å². The zero-order valence-electron chi connectivity index (χ0n) is 5.34. The third kappa shape index (κ3) is 0.975. The molecule has 0 atom stereocenters. The van der Waals surface area contributed by atoms with E-state index in [0.717, 1.165) is 10.7 Å². The summed E-state index contributed by atoms with van der Waals surface area (Å²) in [4.78, 5) is 10.3. The predicted octanol–water partition coefficient (Wildman–Crippen LogP) is -0.342. The summed E-state index contributed by atoms with van der Waals surface area (Å²) in [6.07, 6.45) is 0. The van der Waals surface area contributed by atoms with Gasteiger partial charge in [0.05, 0.1) is 0 Å². The Morgan fingerprint density at radius 1 is 1.90 bits per heavy atom. The molecule has 2 N–H and O–H groups in total. The van der Waals surface area contributed by atoms with E-state index in [9.17, 15) is 9.18 Å². The van der Waals surface area contributed by atoms with Crippen LogP contribution >= 0.6 is 0 Å². The highest BCUT2D eigenvalue weighted by molar-refractivity contribution is 5.90. The molecule has 0 aliphatic carbocycles. The number of primary amides is 1. The Bertz CT molecular complexity index is 248. The van der Waals surface area contributed by atoms with Crippen molar-refractivity contribution in [1.29, 1.82) is 0 Å². The van der Waals surface area contributed by atoms with Gasteiger partial charge in [-0.2, -0.15) is 9.49 Å². The monoisotopic (exact) mass is 143 g/mol. The summed E-state index contributed by atoms with van der Waals surface area (Å²) >= 11 is 0. The molecule has 0 aliphatic heterocycles. The van der Waals surface area contributed by atoms with Gasteiger partial charge in [-0.1, -0.05) is 0 Å². The lowest BCUT2D eigenvalue weighted by atomic mass is 10.4. The molecule has 1 rings (SSSR count). The minimum atomic E-state index is -0.723. The van der Waals surface area contributed by atoms with Crippen molar-refractivity contribution in [2.24, 2.45) is 12.8 Å². The molecular formula is C5H6FN3O. The molecule has 10 heavy (non-hydrogen) atoms. The molecular weight excluding hydrogens is 137 g/mol. The summed E-state index contributed by atoms with van der Waals surface area (Å²) < 4.78 is 13.3. The molecule has 0 fully saturated rings. The third-order valence-corrected chi connectivity index (χ3v) is 1.08. The number of aryl methyl sites for hydroxylation is 1. The largest absolute Gasteiger partial charge is 0.364 e. The highest BCUT2D eigenvalue weighted by atomic mass is 19.1. The van der Waals surface area contributed by atoms with E-state index in [1.165, 1.54) is 7.05 Å². The lowest BCUT2D eigenvalue weighted by Gasteiger charge is -1.85. The molecule has 0 saturated heterocycles. The van der Waals surface area contributed by atoms with Crippen molar-refractivity contribution in [2.75, 3.05) is 0 Å². The molecule has 0 spiro atoms. The van der Waals surface area contributed by atoms with Crippen LogP contribution < -0.4 is 5.73 Å². The van der Waals surface area contributed by atoms with Crippen LogP contribution in [0.2, 0.25) is 0 Å². The summed E-state index contributed by atoms with van der Waals surface area (Å²) in [7, 11) is 1.39. The van der Waals surface area contributed by atoms with E-state index in [4.69, 9.17) is 5.73 Å². The second-order valence-electron chi connectivity index (χ2n) is 1.84. The van der Waals surface area contributed by atoms with E-state index >= 15 is 0 Å². The molecule has 1 aromatic rings. The minimum absolute atomic E-state index is 0.0556. The van der Waals surface area contributed by atoms with Crippen LogP contribution in [-0.2, 0) is 7.05 Å². The maximum Gasteiger partial charge on any atom is 0.269 e. The third-order valence-electron chi connectivity index (χ3n) is 1.08. The van der Waals surface area contributed by atoms with Crippen molar-refractivity contribution in [3.8, 4) is 0 Å². The van der Waals surface area contributed by atoms with E-state index in [0.29, 0.717) is 0 Å². The number of nitrogens with two attached hydrogens (primary N) is 1. The number of hydrogen-bond donors (Lipinski definition) is 1. The second-order valence-corrected chi connectivity index (χ2v) is 1.84. The van der Waals surface area contributed by atoms with Crippen molar-refractivity contribution in [1.82, 2.24) is 9.78 Å². The summed E-state index contributed by atoms with van der Waals surface area (Å²) in [5, 5.41) is 3.48.